The third kappa shape index (κ3) is 2.68. The lowest BCUT2D eigenvalue weighted by Crippen LogP contribution is -2.22. The summed E-state index contributed by atoms with van der Waals surface area (Å²) in [7, 11) is 1.81. The molecule has 0 saturated carbocycles. The van der Waals surface area contributed by atoms with E-state index < -0.39 is 0 Å². The Morgan fingerprint density at radius 2 is 2.21 bits per heavy atom. The van der Waals surface area contributed by atoms with Crippen LogP contribution < -0.4 is 5.73 Å². The van der Waals surface area contributed by atoms with Crippen molar-refractivity contribution < 1.29 is 9.50 Å². The maximum atomic E-state index is 13.3. The monoisotopic (exact) mass is 198 g/mol. The molecule has 0 aliphatic heterocycles. The average Bonchev–Trinajstić information content (AvgIpc) is 2.12. The van der Waals surface area contributed by atoms with Crippen LogP contribution in [0.1, 0.15) is 5.56 Å². The van der Waals surface area contributed by atoms with Crippen LogP contribution in [0.4, 0.5) is 10.1 Å². The summed E-state index contributed by atoms with van der Waals surface area (Å²) in [4.78, 5) is 1.81. The first-order valence-electron chi connectivity index (χ1n) is 4.47. The lowest BCUT2D eigenvalue weighted by molar-refractivity contribution is 0.216. The first kappa shape index (κ1) is 10.9. The van der Waals surface area contributed by atoms with Gasteiger partial charge in [-0.3, -0.25) is 4.90 Å². The van der Waals surface area contributed by atoms with Gasteiger partial charge in [0.15, 0.2) is 0 Å². The minimum atomic E-state index is -0.296. The molecule has 0 radical (unpaired) electrons. The fraction of sp³-hybridized carbons (Fsp3) is 0.400. The van der Waals surface area contributed by atoms with E-state index in [-0.39, 0.29) is 12.4 Å². The Hall–Kier alpha value is -1.13. The van der Waals surface area contributed by atoms with Crippen LogP contribution in [0.3, 0.4) is 0 Å². The number of halogens is 1. The largest absolute Gasteiger partial charge is 0.398 e. The van der Waals surface area contributed by atoms with Crippen LogP contribution in [0.15, 0.2) is 18.2 Å². The third-order valence-electron chi connectivity index (χ3n) is 2.06. The standard InChI is InChI=1S/C10H15FN2O/c1-13(5-6-14)7-8-9(11)3-2-4-10(8)12/h2-4,14H,5-7,12H2,1H3. The molecule has 78 valence electrons. The molecule has 0 aromatic heterocycles. The van der Waals surface area contributed by atoms with E-state index in [2.05, 4.69) is 0 Å². The Morgan fingerprint density at radius 3 is 2.79 bits per heavy atom. The molecule has 0 amide bonds. The van der Waals surface area contributed by atoms with E-state index in [4.69, 9.17) is 10.8 Å². The molecule has 0 aliphatic rings. The van der Waals surface area contributed by atoms with Crippen molar-refractivity contribution in [3.8, 4) is 0 Å². The summed E-state index contributed by atoms with van der Waals surface area (Å²) in [5.74, 6) is -0.296. The molecular formula is C10H15FN2O. The van der Waals surface area contributed by atoms with Crippen LogP contribution in [0.2, 0.25) is 0 Å². The molecule has 0 spiro atoms. The SMILES string of the molecule is CN(CCO)Cc1c(N)cccc1F. The highest BCUT2D eigenvalue weighted by Crippen LogP contribution is 2.16. The van der Waals surface area contributed by atoms with Crippen molar-refractivity contribution in [3.63, 3.8) is 0 Å². The zero-order chi connectivity index (χ0) is 10.6. The number of benzene rings is 1. The Labute approximate surface area is 83.0 Å². The van der Waals surface area contributed by atoms with E-state index in [0.29, 0.717) is 24.3 Å². The molecule has 0 heterocycles. The van der Waals surface area contributed by atoms with Crippen LogP contribution in [-0.2, 0) is 6.54 Å². The average molecular weight is 198 g/mol. The van der Waals surface area contributed by atoms with Gasteiger partial charge in [0.1, 0.15) is 5.82 Å². The van der Waals surface area contributed by atoms with Crippen LogP contribution in [0.25, 0.3) is 0 Å². The predicted molar refractivity (Wildman–Crippen MR) is 54.2 cm³/mol. The van der Waals surface area contributed by atoms with E-state index >= 15 is 0 Å². The van der Waals surface area contributed by atoms with Crippen molar-refractivity contribution in [1.29, 1.82) is 0 Å². The number of aliphatic hydroxyl groups excluding tert-OH is 1. The van der Waals surface area contributed by atoms with Crippen molar-refractivity contribution in [1.82, 2.24) is 4.90 Å². The molecule has 1 aromatic carbocycles. The number of nitrogens with two attached hydrogens (primary N) is 1. The smallest absolute Gasteiger partial charge is 0.129 e. The molecule has 0 unspecified atom stereocenters. The normalized spacial score (nSPS) is 10.9. The summed E-state index contributed by atoms with van der Waals surface area (Å²) in [6.45, 7) is 0.984. The third-order valence-corrected chi connectivity index (χ3v) is 2.06. The number of aliphatic hydroxyl groups is 1. The first-order valence-corrected chi connectivity index (χ1v) is 4.47. The fourth-order valence-corrected chi connectivity index (χ4v) is 1.26. The van der Waals surface area contributed by atoms with Gasteiger partial charge in [0, 0.05) is 24.3 Å². The number of nitrogens with zero attached hydrogens (tertiary/aromatic N) is 1. The van der Waals surface area contributed by atoms with Crippen molar-refractivity contribution in [2.45, 2.75) is 6.54 Å². The van der Waals surface area contributed by atoms with Gasteiger partial charge in [-0.1, -0.05) is 6.07 Å². The minimum absolute atomic E-state index is 0.0604. The predicted octanol–water partition coefficient (Wildman–Crippen LogP) is 0.832. The molecule has 0 fully saturated rings. The molecule has 1 aromatic rings. The second kappa shape index (κ2) is 4.93. The number of likely N-dealkylation sites (N-methyl/N-ethyl adjacent to an activating group) is 1. The molecule has 4 heteroatoms. The number of hydrogen-bond donors (Lipinski definition) is 2. The molecular weight excluding hydrogens is 183 g/mol. The van der Waals surface area contributed by atoms with Crippen LogP contribution in [-0.4, -0.2) is 30.2 Å². The number of anilines is 1. The van der Waals surface area contributed by atoms with Gasteiger partial charge in [-0.25, -0.2) is 4.39 Å². The molecule has 0 saturated heterocycles. The molecule has 0 bridgehead atoms. The maximum absolute atomic E-state index is 13.3. The topological polar surface area (TPSA) is 49.5 Å². The highest BCUT2D eigenvalue weighted by atomic mass is 19.1. The summed E-state index contributed by atoms with van der Waals surface area (Å²) in [5.41, 5.74) is 6.58. The van der Waals surface area contributed by atoms with Gasteiger partial charge in [0.05, 0.1) is 6.61 Å². The first-order chi connectivity index (χ1) is 6.65. The summed E-state index contributed by atoms with van der Waals surface area (Å²) < 4.78 is 13.3. The quantitative estimate of drug-likeness (QED) is 0.705. The minimum Gasteiger partial charge on any atom is -0.398 e. The van der Waals surface area contributed by atoms with Crippen molar-refractivity contribution in [2.24, 2.45) is 0 Å². The van der Waals surface area contributed by atoms with Crippen LogP contribution in [0, 0.1) is 5.82 Å². The van der Waals surface area contributed by atoms with Gasteiger partial charge in [0.2, 0.25) is 0 Å². The molecule has 3 N–H and O–H groups in total. The van der Waals surface area contributed by atoms with Crippen LogP contribution >= 0.6 is 0 Å². The summed E-state index contributed by atoms with van der Waals surface area (Å²) >= 11 is 0. The molecule has 3 nitrogen and oxygen atoms in total. The summed E-state index contributed by atoms with van der Waals surface area (Å²) in [6, 6.07) is 4.64. The van der Waals surface area contributed by atoms with Crippen molar-refractivity contribution in [3.05, 3.63) is 29.6 Å². The Morgan fingerprint density at radius 1 is 1.50 bits per heavy atom. The maximum Gasteiger partial charge on any atom is 0.129 e. The van der Waals surface area contributed by atoms with Crippen LogP contribution in [0.5, 0.6) is 0 Å². The second-order valence-corrected chi connectivity index (χ2v) is 3.27. The van der Waals surface area contributed by atoms with Crippen molar-refractivity contribution in [2.75, 3.05) is 25.9 Å². The van der Waals surface area contributed by atoms with Crippen molar-refractivity contribution >= 4 is 5.69 Å². The Balaban J connectivity index is 2.75. The molecule has 14 heavy (non-hydrogen) atoms. The number of nitrogen functional groups attached to an aromatic ring is 1. The lowest BCUT2D eigenvalue weighted by Gasteiger charge is -2.16. The van der Waals surface area contributed by atoms with E-state index in [1.165, 1.54) is 6.07 Å². The molecule has 0 aliphatic carbocycles. The highest BCUT2D eigenvalue weighted by molar-refractivity contribution is 5.47. The van der Waals surface area contributed by atoms with Gasteiger partial charge in [-0.05, 0) is 19.2 Å². The zero-order valence-electron chi connectivity index (χ0n) is 8.20. The fourth-order valence-electron chi connectivity index (χ4n) is 1.26. The molecule has 0 atom stereocenters. The van der Waals surface area contributed by atoms with E-state index in [1.54, 1.807) is 12.1 Å². The number of rotatable bonds is 4. The van der Waals surface area contributed by atoms with E-state index in [0.717, 1.165) is 0 Å². The second-order valence-electron chi connectivity index (χ2n) is 3.27. The summed E-state index contributed by atoms with van der Waals surface area (Å²) in [5, 5.41) is 8.69. The zero-order valence-corrected chi connectivity index (χ0v) is 8.20. The highest BCUT2D eigenvalue weighted by Gasteiger charge is 2.08. The lowest BCUT2D eigenvalue weighted by atomic mass is 10.1. The van der Waals surface area contributed by atoms with Gasteiger partial charge < -0.3 is 10.8 Å². The van der Waals surface area contributed by atoms with E-state index in [9.17, 15) is 4.39 Å². The Kier molecular flexibility index (Phi) is 3.85. The van der Waals surface area contributed by atoms with Gasteiger partial charge >= 0.3 is 0 Å². The Bertz CT molecular complexity index is 284. The summed E-state index contributed by atoms with van der Waals surface area (Å²) in [6.07, 6.45) is 0. The van der Waals surface area contributed by atoms with E-state index in [1.807, 2.05) is 11.9 Å². The van der Waals surface area contributed by atoms with Gasteiger partial charge in [0.25, 0.3) is 0 Å². The van der Waals surface area contributed by atoms with Gasteiger partial charge in [-0.15, -0.1) is 0 Å². The van der Waals surface area contributed by atoms with Gasteiger partial charge in [-0.2, -0.15) is 0 Å². The molecule has 1 rings (SSSR count). The number of hydrogen-bond acceptors (Lipinski definition) is 3.